The summed E-state index contributed by atoms with van der Waals surface area (Å²) in [5, 5.41) is 22.2. The van der Waals surface area contributed by atoms with Crippen LogP contribution in [0.5, 0.6) is 0 Å². The average molecular weight is 821 g/mol. The average Bonchev–Trinajstić information content (AvgIpc) is 3.55. The molecule has 4 rings (SSSR count). The Morgan fingerprint density at radius 1 is 0.695 bits per heavy atom. The maximum atomic E-state index is 13.1. The fourth-order valence-corrected chi connectivity index (χ4v) is 5.94. The van der Waals surface area contributed by atoms with Crippen molar-refractivity contribution in [2.24, 2.45) is 0 Å². The number of benzene rings is 2. The van der Waals surface area contributed by atoms with E-state index in [4.69, 9.17) is 9.47 Å². The molecule has 19 nitrogen and oxygen atoms in total. The number of rotatable bonds is 19. The number of Topliss-reactive ketones (excluding diaryl/α,β-unsaturated/α-hetero) is 1. The Labute approximate surface area is 341 Å². The number of ether oxygens (including phenoxy) is 2. The monoisotopic (exact) mass is 820 g/mol. The molecule has 318 valence electrons. The van der Waals surface area contributed by atoms with E-state index in [1.54, 1.807) is 53.4 Å². The first-order chi connectivity index (χ1) is 28.5. The molecule has 2 aromatic carbocycles. The van der Waals surface area contributed by atoms with E-state index in [1.807, 2.05) is 11.0 Å². The van der Waals surface area contributed by atoms with Gasteiger partial charge in [0.25, 0.3) is 11.8 Å². The summed E-state index contributed by atoms with van der Waals surface area (Å²) in [6, 6.07) is 14.5. The SMILES string of the molecule is O=C(CNCC(=O)NCC(=O)N[C@@H](Cc1ccccc1)C(=O)NCC(=O)Nc1ccc(CO)cc1)CN1CCOCCN(C(=O)CCN2C(=O)C=CC2=O)CCOCC1. The topological polar surface area (TPSA) is 245 Å². The van der Waals surface area contributed by atoms with Crippen molar-refractivity contribution in [2.75, 3.05) is 97.2 Å². The number of aliphatic hydroxyl groups is 1. The molecule has 1 fully saturated rings. The highest BCUT2D eigenvalue weighted by Gasteiger charge is 2.25. The molecular weight excluding hydrogens is 768 g/mol. The minimum Gasteiger partial charge on any atom is -0.392 e. The van der Waals surface area contributed by atoms with Crippen LogP contribution in [-0.2, 0) is 60.9 Å². The molecular formula is C40H52N8O11. The minimum atomic E-state index is -1.05. The van der Waals surface area contributed by atoms with Gasteiger partial charge in [-0.3, -0.25) is 48.2 Å². The summed E-state index contributed by atoms with van der Waals surface area (Å²) >= 11 is 0. The number of hydrogen-bond acceptors (Lipinski definition) is 13. The summed E-state index contributed by atoms with van der Waals surface area (Å²) in [6.07, 6.45) is 2.47. The highest BCUT2D eigenvalue weighted by molar-refractivity contribution is 6.13. The maximum absolute atomic E-state index is 13.1. The van der Waals surface area contributed by atoms with Crippen molar-refractivity contribution >= 4 is 52.8 Å². The summed E-state index contributed by atoms with van der Waals surface area (Å²) in [4.78, 5) is 104. The van der Waals surface area contributed by atoms with Crippen molar-refractivity contribution in [3.05, 3.63) is 77.9 Å². The van der Waals surface area contributed by atoms with Gasteiger partial charge in [0.1, 0.15) is 6.04 Å². The normalized spacial score (nSPS) is 15.7. The lowest BCUT2D eigenvalue weighted by Gasteiger charge is -2.26. The quantitative estimate of drug-likeness (QED) is 0.0821. The molecule has 7 amide bonds. The van der Waals surface area contributed by atoms with Crippen molar-refractivity contribution in [1.29, 1.82) is 0 Å². The standard InChI is InChI=1S/C40H52N8O11/c49-28-30-6-8-31(9-7-30)44-35(52)26-43-40(57)33(22-29-4-2-1-3-5-29)45-36(53)25-42-34(51)24-41-23-32(50)27-46-14-18-58-20-16-47(17-21-59-19-15-46)37(54)12-13-48-38(55)10-11-39(48)56/h1-11,33,41,49H,12-28H2,(H,42,51)(H,43,57)(H,44,52)(H,45,53)/t33-/m0/s1. The number of nitrogens with zero attached hydrogens (tertiary/aromatic N) is 3. The van der Waals surface area contributed by atoms with Crippen molar-refractivity contribution < 1.29 is 52.9 Å². The Hall–Kier alpha value is -5.86. The molecule has 19 heteroatoms. The van der Waals surface area contributed by atoms with Crippen LogP contribution in [0, 0.1) is 0 Å². The van der Waals surface area contributed by atoms with Gasteiger partial charge in [-0.1, -0.05) is 42.5 Å². The molecule has 1 atom stereocenters. The van der Waals surface area contributed by atoms with Crippen LogP contribution in [0.1, 0.15) is 17.5 Å². The highest BCUT2D eigenvalue weighted by Crippen LogP contribution is 2.10. The van der Waals surface area contributed by atoms with Crippen LogP contribution in [-0.4, -0.2) is 165 Å². The number of aliphatic hydroxyl groups excluding tert-OH is 1. The van der Waals surface area contributed by atoms with Crippen LogP contribution < -0.4 is 26.6 Å². The minimum absolute atomic E-state index is 0.00465. The second kappa shape index (κ2) is 24.8. The van der Waals surface area contributed by atoms with Crippen molar-refractivity contribution in [1.82, 2.24) is 36.0 Å². The van der Waals surface area contributed by atoms with Gasteiger partial charge in [0, 0.05) is 63.4 Å². The molecule has 2 aliphatic rings. The van der Waals surface area contributed by atoms with Gasteiger partial charge in [0.05, 0.1) is 65.8 Å². The molecule has 1 saturated heterocycles. The Balaban J connectivity index is 1.12. The molecule has 0 bridgehead atoms. The molecule has 6 N–H and O–H groups in total. The summed E-state index contributed by atoms with van der Waals surface area (Å²) < 4.78 is 11.4. The number of hydrogen-bond donors (Lipinski definition) is 6. The van der Waals surface area contributed by atoms with Gasteiger partial charge in [0.15, 0.2) is 5.78 Å². The van der Waals surface area contributed by atoms with E-state index in [-0.39, 0.29) is 77.1 Å². The van der Waals surface area contributed by atoms with Gasteiger partial charge in [-0.2, -0.15) is 0 Å². The van der Waals surface area contributed by atoms with Crippen molar-refractivity contribution in [3.8, 4) is 0 Å². The first-order valence-electron chi connectivity index (χ1n) is 19.3. The smallest absolute Gasteiger partial charge is 0.253 e. The first-order valence-corrected chi connectivity index (χ1v) is 19.3. The fourth-order valence-electron chi connectivity index (χ4n) is 5.94. The second-order valence-electron chi connectivity index (χ2n) is 13.6. The lowest BCUT2D eigenvalue weighted by Crippen LogP contribution is -2.52. The maximum Gasteiger partial charge on any atom is 0.253 e. The van der Waals surface area contributed by atoms with E-state index in [1.165, 1.54) is 12.2 Å². The van der Waals surface area contributed by atoms with Gasteiger partial charge < -0.3 is 46.1 Å². The predicted molar refractivity (Wildman–Crippen MR) is 212 cm³/mol. The molecule has 2 aromatic rings. The molecule has 2 heterocycles. The van der Waals surface area contributed by atoms with E-state index in [2.05, 4.69) is 26.6 Å². The largest absolute Gasteiger partial charge is 0.392 e. The van der Waals surface area contributed by atoms with Gasteiger partial charge in [-0.05, 0) is 23.3 Å². The lowest BCUT2D eigenvalue weighted by atomic mass is 10.1. The van der Waals surface area contributed by atoms with E-state index in [9.17, 15) is 43.5 Å². The number of anilines is 1. The van der Waals surface area contributed by atoms with E-state index in [0.717, 1.165) is 10.5 Å². The van der Waals surface area contributed by atoms with E-state index < -0.39 is 48.0 Å². The third-order valence-electron chi connectivity index (χ3n) is 9.15. The number of ketones is 1. The third-order valence-corrected chi connectivity index (χ3v) is 9.15. The summed E-state index contributed by atoms with van der Waals surface area (Å²) in [7, 11) is 0. The summed E-state index contributed by atoms with van der Waals surface area (Å²) in [6.45, 7) is 1.28. The van der Waals surface area contributed by atoms with Crippen LogP contribution in [0.3, 0.4) is 0 Å². The first kappa shape index (κ1) is 45.8. The van der Waals surface area contributed by atoms with Gasteiger partial charge in [0.2, 0.25) is 29.5 Å². The molecule has 0 saturated carbocycles. The molecule has 0 aliphatic carbocycles. The Morgan fingerprint density at radius 2 is 1.32 bits per heavy atom. The third kappa shape index (κ3) is 16.9. The Kier molecular flexibility index (Phi) is 19.3. The lowest BCUT2D eigenvalue weighted by molar-refractivity contribution is -0.139. The molecule has 0 unspecified atom stereocenters. The highest BCUT2D eigenvalue weighted by atomic mass is 16.5. The van der Waals surface area contributed by atoms with Crippen LogP contribution in [0.25, 0.3) is 0 Å². The zero-order chi connectivity index (χ0) is 42.4. The zero-order valence-corrected chi connectivity index (χ0v) is 32.8. The Morgan fingerprint density at radius 3 is 1.97 bits per heavy atom. The van der Waals surface area contributed by atoms with Crippen molar-refractivity contribution in [2.45, 2.75) is 25.5 Å². The van der Waals surface area contributed by atoms with Crippen LogP contribution in [0.15, 0.2) is 66.7 Å². The number of carbonyl (C=O) groups is 8. The van der Waals surface area contributed by atoms with Gasteiger partial charge in [-0.25, -0.2) is 0 Å². The van der Waals surface area contributed by atoms with Crippen LogP contribution in [0.2, 0.25) is 0 Å². The second-order valence-corrected chi connectivity index (χ2v) is 13.6. The molecule has 2 aliphatic heterocycles. The fraction of sp³-hybridized carbons (Fsp3) is 0.450. The number of nitrogens with one attached hydrogen (secondary N) is 5. The number of carbonyl (C=O) groups excluding carboxylic acids is 8. The molecule has 0 radical (unpaired) electrons. The zero-order valence-electron chi connectivity index (χ0n) is 32.8. The van der Waals surface area contributed by atoms with Crippen molar-refractivity contribution in [3.63, 3.8) is 0 Å². The van der Waals surface area contributed by atoms with Crippen LogP contribution in [0.4, 0.5) is 5.69 Å². The van der Waals surface area contributed by atoms with Gasteiger partial charge >= 0.3 is 0 Å². The predicted octanol–water partition coefficient (Wildman–Crippen LogP) is -2.27. The molecule has 0 spiro atoms. The van der Waals surface area contributed by atoms with E-state index in [0.29, 0.717) is 50.6 Å². The van der Waals surface area contributed by atoms with E-state index >= 15 is 0 Å². The van der Waals surface area contributed by atoms with Crippen LogP contribution >= 0.6 is 0 Å². The number of imide groups is 1. The number of amides is 7. The Bertz CT molecular complexity index is 1760. The summed E-state index contributed by atoms with van der Waals surface area (Å²) in [5.41, 5.74) is 1.92. The molecule has 59 heavy (non-hydrogen) atoms. The molecule has 0 aromatic heterocycles. The summed E-state index contributed by atoms with van der Waals surface area (Å²) in [5.74, 6) is -3.57. The van der Waals surface area contributed by atoms with Gasteiger partial charge in [-0.15, -0.1) is 0 Å².